The van der Waals surface area contributed by atoms with Gasteiger partial charge >= 0.3 is 0 Å². The van der Waals surface area contributed by atoms with Crippen molar-refractivity contribution in [3.8, 4) is 5.69 Å². The largest absolute Gasteiger partial charge is 0.459 e. The van der Waals surface area contributed by atoms with E-state index >= 15 is 0 Å². The van der Waals surface area contributed by atoms with Crippen LogP contribution in [-0.2, 0) is 6.54 Å². The average molecular weight is 350 g/mol. The molecule has 1 aliphatic heterocycles. The summed E-state index contributed by atoms with van der Waals surface area (Å²) in [6.45, 7) is 4.20. The van der Waals surface area contributed by atoms with Gasteiger partial charge in [0.1, 0.15) is 0 Å². The molecule has 2 aromatic heterocycles. The maximum Gasteiger partial charge on any atom is 0.289 e. The van der Waals surface area contributed by atoms with E-state index in [4.69, 9.17) is 4.42 Å². The SMILES string of the molecule is O=C(c1ccco1)N1CCCN(Cc2cccc(-n3cccn3)c2)CC1. The van der Waals surface area contributed by atoms with E-state index in [2.05, 4.69) is 34.3 Å². The number of benzene rings is 1. The van der Waals surface area contributed by atoms with Crippen LogP contribution in [0.2, 0.25) is 0 Å². The fourth-order valence-corrected chi connectivity index (χ4v) is 3.37. The molecule has 6 heteroatoms. The van der Waals surface area contributed by atoms with Gasteiger partial charge in [0.25, 0.3) is 5.91 Å². The van der Waals surface area contributed by atoms with E-state index in [-0.39, 0.29) is 5.91 Å². The van der Waals surface area contributed by atoms with Crippen molar-refractivity contribution >= 4 is 5.91 Å². The Morgan fingerprint density at radius 3 is 2.85 bits per heavy atom. The van der Waals surface area contributed by atoms with Crippen molar-refractivity contribution in [2.75, 3.05) is 26.2 Å². The van der Waals surface area contributed by atoms with Crippen LogP contribution in [0.4, 0.5) is 0 Å². The van der Waals surface area contributed by atoms with Gasteiger partial charge in [-0.05, 0) is 42.3 Å². The Balaban J connectivity index is 1.39. The monoisotopic (exact) mass is 350 g/mol. The quantitative estimate of drug-likeness (QED) is 0.726. The molecule has 0 radical (unpaired) electrons. The Bertz CT molecular complexity index is 843. The van der Waals surface area contributed by atoms with Crippen LogP contribution < -0.4 is 0 Å². The molecule has 1 aromatic carbocycles. The zero-order chi connectivity index (χ0) is 17.8. The zero-order valence-corrected chi connectivity index (χ0v) is 14.6. The lowest BCUT2D eigenvalue weighted by Crippen LogP contribution is -2.34. The number of nitrogens with zero attached hydrogens (tertiary/aromatic N) is 4. The Kier molecular flexibility index (Phi) is 4.84. The van der Waals surface area contributed by atoms with Gasteiger partial charge in [-0.2, -0.15) is 5.10 Å². The third-order valence-corrected chi connectivity index (χ3v) is 4.69. The van der Waals surface area contributed by atoms with E-state index in [1.807, 2.05) is 21.8 Å². The van der Waals surface area contributed by atoms with Gasteiger partial charge in [0, 0.05) is 45.1 Å². The summed E-state index contributed by atoms with van der Waals surface area (Å²) in [5, 5.41) is 4.29. The van der Waals surface area contributed by atoms with E-state index < -0.39 is 0 Å². The van der Waals surface area contributed by atoms with E-state index in [9.17, 15) is 4.79 Å². The van der Waals surface area contributed by atoms with E-state index in [0.717, 1.165) is 44.8 Å². The van der Waals surface area contributed by atoms with Crippen LogP contribution in [0.3, 0.4) is 0 Å². The molecule has 0 N–H and O–H groups in total. The van der Waals surface area contributed by atoms with E-state index in [0.29, 0.717) is 5.76 Å². The second kappa shape index (κ2) is 7.58. The maximum absolute atomic E-state index is 12.5. The van der Waals surface area contributed by atoms with Gasteiger partial charge in [-0.15, -0.1) is 0 Å². The Hall–Kier alpha value is -2.86. The first kappa shape index (κ1) is 16.6. The van der Waals surface area contributed by atoms with Crippen molar-refractivity contribution in [3.63, 3.8) is 0 Å². The molecule has 6 nitrogen and oxygen atoms in total. The Morgan fingerprint density at radius 2 is 2.04 bits per heavy atom. The minimum atomic E-state index is -0.0162. The van der Waals surface area contributed by atoms with Crippen molar-refractivity contribution in [2.45, 2.75) is 13.0 Å². The number of rotatable bonds is 4. The third-order valence-electron chi connectivity index (χ3n) is 4.69. The highest BCUT2D eigenvalue weighted by atomic mass is 16.3. The predicted molar refractivity (Wildman–Crippen MR) is 98.1 cm³/mol. The molecule has 134 valence electrons. The molecule has 1 fully saturated rings. The van der Waals surface area contributed by atoms with Gasteiger partial charge in [-0.3, -0.25) is 9.69 Å². The van der Waals surface area contributed by atoms with Gasteiger partial charge in [0.2, 0.25) is 0 Å². The van der Waals surface area contributed by atoms with Gasteiger partial charge < -0.3 is 9.32 Å². The molecular weight excluding hydrogens is 328 g/mol. The first-order valence-corrected chi connectivity index (χ1v) is 8.94. The number of carbonyl (C=O) groups excluding carboxylic acids is 1. The van der Waals surface area contributed by atoms with Crippen LogP contribution in [0, 0.1) is 0 Å². The normalized spacial score (nSPS) is 15.8. The Labute approximate surface area is 152 Å². The summed E-state index contributed by atoms with van der Waals surface area (Å²) >= 11 is 0. The minimum Gasteiger partial charge on any atom is -0.459 e. The molecular formula is C20H22N4O2. The molecule has 3 aromatic rings. The highest BCUT2D eigenvalue weighted by molar-refractivity contribution is 5.91. The smallest absolute Gasteiger partial charge is 0.289 e. The second-order valence-corrected chi connectivity index (χ2v) is 6.52. The molecule has 3 heterocycles. The van der Waals surface area contributed by atoms with Crippen LogP contribution in [-0.4, -0.2) is 51.7 Å². The highest BCUT2D eigenvalue weighted by Gasteiger charge is 2.22. The number of furan rings is 1. The number of hydrogen-bond donors (Lipinski definition) is 0. The van der Waals surface area contributed by atoms with Gasteiger partial charge in [-0.25, -0.2) is 4.68 Å². The number of hydrogen-bond acceptors (Lipinski definition) is 4. The van der Waals surface area contributed by atoms with E-state index in [1.54, 1.807) is 24.6 Å². The molecule has 0 saturated carbocycles. The minimum absolute atomic E-state index is 0.0162. The standard InChI is InChI=1S/C20H22N4O2/c25-20(19-7-2-14-26-19)23-10-4-9-22(12-13-23)16-17-5-1-6-18(15-17)24-11-3-8-21-24/h1-3,5-8,11,14-15H,4,9-10,12-13,16H2. The van der Waals surface area contributed by atoms with Crippen LogP contribution in [0.25, 0.3) is 5.69 Å². The average Bonchev–Trinajstić information content (AvgIpc) is 3.34. The molecule has 0 aliphatic carbocycles. The summed E-state index contributed by atoms with van der Waals surface area (Å²) < 4.78 is 7.12. The summed E-state index contributed by atoms with van der Waals surface area (Å²) in [5.74, 6) is 0.405. The van der Waals surface area contributed by atoms with Crippen LogP contribution in [0.5, 0.6) is 0 Å². The number of aromatic nitrogens is 2. The molecule has 4 rings (SSSR count). The second-order valence-electron chi connectivity index (χ2n) is 6.52. The summed E-state index contributed by atoms with van der Waals surface area (Å²) in [6, 6.07) is 13.8. The van der Waals surface area contributed by atoms with Crippen molar-refractivity contribution in [1.82, 2.24) is 19.6 Å². The summed E-state index contributed by atoms with van der Waals surface area (Å²) in [7, 11) is 0. The molecule has 1 amide bonds. The fourth-order valence-electron chi connectivity index (χ4n) is 3.37. The third kappa shape index (κ3) is 3.70. The lowest BCUT2D eigenvalue weighted by molar-refractivity contribution is 0.0729. The first-order valence-electron chi connectivity index (χ1n) is 8.94. The van der Waals surface area contributed by atoms with Crippen molar-refractivity contribution in [3.05, 3.63) is 72.4 Å². The molecule has 26 heavy (non-hydrogen) atoms. The molecule has 0 spiro atoms. The van der Waals surface area contributed by atoms with Gasteiger partial charge in [0.15, 0.2) is 5.76 Å². The lowest BCUT2D eigenvalue weighted by atomic mass is 10.2. The molecule has 0 bridgehead atoms. The van der Waals surface area contributed by atoms with E-state index in [1.165, 1.54) is 5.56 Å². The van der Waals surface area contributed by atoms with Crippen molar-refractivity contribution in [2.24, 2.45) is 0 Å². The Morgan fingerprint density at radius 1 is 1.08 bits per heavy atom. The fraction of sp³-hybridized carbons (Fsp3) is 0.300. The topological polar surface area (TPSA) is 54.5 Å². The van der Waals surface area contributed by atoms with Crippen LogP contribution in [0.15, 0.2) is 65.5 Å². The van der Waals surface area contributed by atoms with Crippen molar-refractivity contribution < 1.29 is 9.21 Å². The lowest BCUT2D eigenvalue weighted by Gasteiger charge is -2.21. The summed E-state index contributed by atoms with van der Waals surface area (Å²) in [6.07, 6.45) is 6.24. The molecule has 0 atom stereocenters. The summed E-state index contributed by atoms with van der Waals surface area (Å²) in [5.41, 5.74) is 2.32. The summed E-state index contributed by atoms with van der Waals surface area (Å²) in [4.78, 5) is 16.7. The zero-order valence-electron chi connectivity index (χ0n) is 14.6. The maximum atomic E-state index is 12.5. The predicted octanol–water partition coefficient (Wildman–Crippen LogP) is 2.81. The number of amides is 1. The number of carbonyl (C=O) groups is 1. The molecule has 0 unspecified atom stereocenters. The molecule has 1 aliphatic rings. The highest BCUT2D eigenvalue weighted by Crippen LogP contribution is 2.15. The van der Waals surface area contributed by atoms with Crippen LogP contribution in [0.1, 0.15) is 22.5 Å². The van der Waals surface area contributed by atoms with Gasteiger partial charge in [-0.1, -0.05) is 12.1 Å². The van der Waals surface area contributed by atoms with Crippen LogP contribution >= 0.6 is 0 Å². The first-order chi connectivity index (χ1) is 12.8. The van der Waals surface area contributed by atoms with Gasteiger partial charge in [0.05, 0.1) is 12.0 Å². The molecule has 1 saturated heterocycles. The van der Waals surface area contributed by atoms with Crippen molar-refractivity contribution in [1.29, 1.82) is 0 Å².